The number of amides is 2. The lowest BCUT2D eigenvalue weighted by Gasteiger charge is -2.11. The van der Waals surface area contributed by atoms with Crippen LogP contribution in [0.15, 0.2) is 64.5 Å². The maximum absolute atomic E-state index is 12.4. The zero-order valence-corrected chi connectivity index (χ0v) is 17.2. The third kappa shape index (κ3) is 4.70. The van der Waals surface area contributed by atoms with Gasteiger partial charge in [-0.25, -0.2) is 0 Å². The first-order valence-electron chi connectivity index (χ1n) is 8.32. The van der Waals surface area contributed by atoms with E-state index < -0.39 is 0 Å². The number of thioether (sulfide) groups is 1. The molecular formula is C21H18BrNO3S. The van der Waals surface area contributed by atoms with Crippen molar-refractivity contribution >= 4 is 44.9 Å². The summed E-state index contributed by atoms with van der Waals surface area (Å²) in [4.78, 5) is 26.0. The van der Waals surface area contributed by atoms with Crippen LogP contribution in [0.1, 0.15) is 16.7 Å². The number of carbonyl (C=O) groups excluding carboxylic acids is 2. The topological polar surface area (TPSA) is 46.6 Å². The van der Waals surface area contributed by atoms with Crippen molar-refractivity contribution in [3.8, 4) is 5.75 Å². The second-order valence-corrected chi connectivity index (χ2v) is 7.95. The summed E-state index contributed by atoms with van der Waals surface area (Å²) in [5.74, 6) is 0.338. The minimum absolute atomic E-state index is 0.206. The molecule has 0 spiro atoms. The Morgan fingerprint density at radius 3 is 2.78 bits per heavy atom. The van der Waals surface area contributed by atoms with E-state index in [0.717, 1.165) is 27.4 Å². The summed E-state index contributed by atoms with van der Waals surface area (Å²) < 4.78 is 6.84. The summed E-state index contributed by atoms with van der Waals surface area (Å²) in [6.07, 6.45) is 3.24. The Labute approximate surface area is 171 Å². The number of nitrogens with zero attached hydrogens (tertiary/aromatic N) is 1. The largest absolute Gasteiger partial charge is 0.488 e. The fourth-order valence-corrected chi connectivity index (χ4v) is 3.87. The van der Waals surface area contributed by atoms with Crippen LogP contribution < -0.4 is 4.74 Å². The lowest BCUT2D eigenvalue weighted by molar-refractivity contribution is -0.122. The predicted molar refractivity (Wildman–Crippen MR) is 113 cm³/mol. The number of imide groups is 1. The molecule has 0 N–H and O–H groups in total. The summed E-state index contributed by atoms with van der Waals surface area (Å²) in [6, 6.07) is 13.7. The SMILES string of the molecule is C=CCN1C(=O)S/C(=C/c2cc(Br)ccc2OCc2cccc(C)c2)C1=O. The Morgan fingerprint density at radius 2 is 2.04 bits per heavy atom. The van der Waals surface area contributed by atoms with Gasteiger partial charge in [-0.1, -0.05) is 51.8 Å². The maximum atomic E-state index is 12.4. The highest BCUT2D eigenvalue weighted by atomic mass is 79.9. The number of hydrogen-bond donors (Lipinski definition) is 0. The van der Waals surface area contributed by atoms with E-state index in [1.54, 1.807) is 6.08 Å². The van der Waals surface area contributed by atoms with Gasteiger partial charge in [0.15, 0.2) is 0 Å². The Balaban J connectivity index is 1.85. The highest BCUT2D eigenvalue weighted by Gasteiger charge is 2.34. The molecule has 1 aliphatic rings. The molecule has 1 saturated heterocycles. The van der Waals surface area contributed by atoms with Crippen molar-refractivity contribution in [2.45, 2.75) is 13.5 Å². The van der Waals surface area contributed by atoms with Crippen LogP contribution in [0.4, 0.5) is 4.79 Å². The van der Waals surface area contributed by atoms with E-state index in [0.29, 0.717) is 17.3 Å². The lowest BCUT2D eigenvalue weighted by atomic mass is 10.1. The van der Waals surface area contributed by atoms with Crippen LogP contribution in [0.3, 0.4) is 0 Å². The van der Waals surface area contributed by atoms with E-state index in [1.165, 1.54) is 16.5 Å². The normalized spacial score (nSPS) is 15.5. The minimum Gasteiger partial charge on any atom is -0.488 e. The Bertz CT molecular complexity index is 939. The summed E-state index contributed by atoms with van der Waals surface area (Å²) in [5, 5.41) is -0.289. The highest BCUT2D eigenvalue weighted by Crippen LogP contribution is 2.35. The summed E-state index contributed by atoms with van der Waals surface area (Å²) in [5.41, 5.74) is 2.97. The molecule has 3 rings (SSSR count). The molecule has 2 aromatic carbocycles. The van der Waals surface area contributed by atoms with Gasteiger partial charge in [-0.3, -0.25) is 14.5 Å². The van der Waals surface area contributed by atoms with E-state index in [4.69, 9.17) is 4.74 Å². The third-order valence-electron chi connectivity index (χ3n) is 3.92. The van der Waals surface area contributed by atoms with Crippen molar-refractivity contribution in [2.24, 2.45) is 0 Å². The van der Waals surface area contributed by atoms with Gasteiger partial charge in [0.2, 0.25) is 0 Å². The van der Waals surface area contributed by atoms with Gasteiger partial charge in [-0.05, 0) is 48.5 Å². The standard InChI is InChI=1S/C21H18BrNO3S/c1-3-9-23-20(24)19(27-21(23)25)12-16-11-17(22)7-8-18(16)26-13-15-6-4-5-14(2)10-15/h3-8,10-12H,1,9,13H2,2H3/b19-12+. The molecule has 0 unspecified atom stereocenters. The molecule has 6 heteroatoms. The molecule has 0 aliphatic carbocycles. The monoisotopic (exact) mass is 443 g/mol. The quantitative estimate of drug-likeness (QED) is 0.433. The fourth-order valence-electron chi connectivity index (χ4n) is 2.65. The molecule has 4 nitrogen and oxygen atoms in total. The molecule has 0 aromatic heterocycles. The van der Waals surface area contributed by atoms with E-state index >= 15 is 0 Å². The van der Waals surface area contributed by atoms with Gasteiger partial charge in [0.1, 0.15) is 12.4 Å². The molecule has 0 saturated carbocycles. The van der Waals surface area contributed by atoms with Gasteiger partial charge in [0, 0.05) is 16.6 Å². The maximum Gasteiger partial charge on any atom is 0.293 e. The number of rotatable bonds is 6. The summed E-state index contributed by atoms with van der Waals surface area (Å²) >= 11 is 4.38. The molecule has 138 valence electrons. The Morgan fingerprint density at radius 1 is 1.22 bits per heavy atom. The van der Waals surface area contributed by atoms with Crippen molar-refractivity contribution < 1.29 is 14.3 Å². The van der Waals surface area contributed by atoms with Gasteiger partial charge in [0.25, 0.3) is 11.1 Å². The number of carbonyl (C=O) groups is 2. The van der Waals surface area contributed by atoms with Gasteiger partial charge < -0.3 is 4.74 Å². The first kappa shape index (κ1) is 19.5. The third-order valence-corrected chi connectivity index (χ3v) is 5.32. The first-order chi connectivity index (χ1) is 13.0. The van der Waals surface area contributed by atoms with E-state index in [-0.39, 0.29) is 17.7 Å². The van der Waals surface area contributed by atoms with Gasteiger partial charge in [-0.2, -0.15) is 0 Å². The number of hydrogen-bond acceptors (Lipinski definition) is 4. The van der Waals surface area contributed by atoms with Crippen molar-refractivity contribution in [3.05, 3.63) is 81.2 Å². The number of aryl methyl sites for hydroxylation is 1. The van der Waals surface area contributed by atoms with Crippen molar-refractivity contribution in [3.63, 3.8) is 0 Å². The molecule has 1 aliphatic heterocycles. The highest BCUT2D eigenvalue weighted by molar-refractivity contribution is 9.10. The molecule has 2 aromatic rings. The molecule has 27 heavy (non-hydrogen) atoms. The fraction of sp³-hybridized carbons (Fsp3) is 0.143. The van der Waals surface area contributed by atoms with E-state index in [1.807, 2.05) is 43.3 Å². The number of benzene rings is 2. The second kappa shape index (κ2) is 8.59. The van der Waals surface area contributed by atoms with Gasteiger partial charge in [0.05, 0.1) is 4.91 Å². The smallest absolute Gasteiger partial charge is 0.293 e. The lowest BCUT2D eigenvalue weighted by Crippen LogP contribution is -2.27. The average molecular weight is 444 g/mol. The number of ether oxygens (including phenoxy) is 1. The van der Waals surface area contributed by atoms with Crippen molar-refractivity contribution in [2.75, 3.05) is 6.54 Å². The van der Waals surface area contributed by atoms with Crippen LogP contribution in [0, 0.1) is 6.92 Å². The van der Waals surface area contributed by atoms with Crippen LogP contribution in [0.25, 0.3) is 6.08 Å². The van der Waals surface area contributed by atoms with E-state index in [9.17, 15) is 9.59 Å². The van der Waals surface area contributed by atoms with Gasteiger partial charge >= 0.3 is 0 Å². The van der Waals surface area contributed by atoms with Crippen LogP contribution in [0.2, 0.25) is 0 Å². The molecule has 1 fully saturated rings. The molecule has 2 amide bonds. The number of halogens is 1. The molecular weight excluding hydrogens is 426 g/mol. The molecule has 0 bridgehead atoms. The zero-order valence-electron chi connectivity index (χ0n) is 14.8. The zero-order chi connectivity index (χ0) is 19.4. The Hall–Kier alpha value is -2.31. The van der Waals surface area contributed by atoms with Crippen LogP contribution >= 0.6 is 27.7 Å². The Kier molecular flexibility index (Phi) is 6.19. The summed E-state index contributed by atoms with van der Waals surface area (Å²) in [6.45, 7) is 6.25. The summed E-state index contributed by atoms with van der Waals surface area (Å²) in [7, 11) is 0. The molecule has 0 radical (unpaired) electrons. The first-order valence-corrected chi connectivity index (χ1v) is 9.93. The molecule has 1 heterocycles. The van der Waals surface area contributed by atoms with Crippen LogP contribution in [-0.4, -0.2) is 22.6 Å². The predicted octanol–water partition coefficient (Wildman–Crippen LogP) is 5.56. The van der Waals surface area contributed by atoms with Crippen molar-refractivity contribution in [1.29, 1.82) is 0 Å². The minimum atomic E-state index is -0.311. The molecule has 0 atom stereocenters. The average Bonchev–Trinajstić information content (AvgIpc) is 2.89. The van der Waals surface area contributed by atoms with Gasteiger partial charge in [-0.15, -0.1) is 6.58 Å². The van der Waals surface area contributed by atoms with Crippen molar-refractivity contribution in [1.82, 2.24) is 4.90 Å². The van der Waals surface area contributed by atoms with E-state index in [2.05, 4.69) is 28.6 Å². The second-order valence-electron chi connectivity index (χ2n) is 6.04. The van der Waals surface area contributed by atoms with Crippen LogP contribution in [0.5, 0.6) is 5.75 Å². The van der Waals surface area contributed by atoms with Crippen LogP contribution in [-0.2, 0) is 11.4 Å².